The molecule has 0 fully saturated rings. The van der Waals surface area contributed by atoms with E-state index in [9.17, 15) is 4.79 Å². The number of esters is 1. The molecule has 0 aliphatic heterocycles. The maximum Gasteiger partial charge on any atom is 0.342 e. The van der Waals surface area contributed by atoms with Crippen molar-refractivity contribution < 1.29 is 9.53 Å². The van der Waals surface area contributed by atoms with Gasteiger partial charge in [-0.05, 0) is 25.3 Å². The molecule has 5 nitrogen and oxygen atoms in total. The second-order valence-electron chi connectivity index (χ2n) is 5.39. The number of hydrogen-bond acceptors (Lipinski definition) is 5. The molecule has 0 unspecified atom stereocenters. The van der Waals surface area contributed by atoms with E-state index in [1.165, 1.54) is 5.56 Å². The highest BCUT2D eigenvalue weighted by atomic mass is 16.5. The SMILES string of the molecule is CCOC(=O)c1c(C)nc(N)nc1-c1ccc(C(C)C)cc1. The zero-order valence-corrected chi connectivity index (χ0v) is 13.4. The van der Waals surface area contributed by atoms with Crippen molar-refractivity contribution in [3.05, 3.63) is 41.1 Å². The van der Waals surface area contributed by atoms with Crippen molar-refractivity contribution >= 4 is 11.9 Å². The summed E-state index contributed by atoms with van der Waals surface area (Å²) in [6.07, 6.45) is 0. The number of aromatic nitrogens is 2. The number of nitrogens with zero attached hydrogens (tertiary/aromatic N) is 2. The van der Waals surface area contributed by atoms with Crippen molar-refractivity contribution in [2.45, 2.75) is 33.6 Å². The first-order valence-corrected chi connectivity index (χ1v) is 7.35. The largest absolute Gasteiger partial charge is 0.462 e. The third-order valence-electron chi connectivity index (χ3n) is 3.44. The van der Waals surface area contributed by atoms with Gasteiger partial charge in [0.05, 0.1) is 18.0 Å². The maximum absolute atomic E-state index is 12.2. The molecule has 0 bridgehead atoms. The van der Waals surface area contributed by atoms with E-state index in [1.807, 2.05) is 24.3 Å². The lowest BCUT2D eigenvalue weighted by Crippen LogP contribution is -2.13. The standard InChI is InChI=1S/C17H21N3O2/c1-5-22-16(21)14-11(4)19-17(18)20-15(14)13-8-6-12(7-9-13)10(2)3/h6-10H,5H2,1-4H3,(H2,18,19,20). The summed E-state index contributed by atoms with van der Waals surface area (Å²) in [5.74, 6) is 0.159. The van der Waals surface area contributed by atoms with Crippen molar-refractivity contribution in [2.24, 2.45) is 0 Å². The first-order valence-electron chi connectivity index (χ1n) is 7.35. The quantitative estimate of drug-likeness (QED) is 0.876. The number of anilines is 1. The van der Waals surface area contributed by atoms with Crippen molar-refractivity contribution in [2.75, 3.05) is 12.3 Å². The summed E-state index contributed by atoms with van der Waals surface area (Å²) in [6.45, 7) is 8.06. The van der Waals surface area contributed by atoms with Gasteiger partial charge in [0.1, 0.15) is 5.56 Å². The number of aryl methyl sites for hydroxylation is 1. The Hall–Kier alpha value is -2.43. The fourth-order valence-electron chi connectivity index (χ4n) is 2.28. The van der Waals surface area contributed by atoms with Crippen LogP contribution >= 0.6 is 0 Å². The van der Waals surface area contributed by atoms with Crippen LogP contribution in [0.3, 0.4) is 0 Å². The Labute approximate surface area is 130 Å². The highest BCUT2D eigenvalue weighted by Crippen LogP contribution is 2.26. The van der Waals surface area contributed by atoms with Crippen molar-refractivity contribution in [3.63, 3.8) is 0 Å². The van der Waals surface area contributed by atoms with Crippen molar-refractivity contribution in [1.82, 2.24) is 9.97 Å². The Bertz CT molecular complexity index is 679. The van der Waals surface area contributed by atoms with E-state index in [4.69, 9.17) is 10.5 Å². The average molecular weight is 299 g/mol. The lowest BCUT2D eigenvalue weighted by molar-refractivity contribution is 0.0525. The fourth-order valence-corrected chi connectivity index (χ4v) is 2.28. The molecule has 116 valence electrons. The van der Waals surface area contributed by atoms with Gasteiger partial charge in [-0.2, -0.15) is 0 Å². The van der Waals surface area contributed by atoms with Gasteiger partial charge in [0.25, 0.3) is 0 Å². The number of ether oxygens (including phenoxy) is 1. The Morgan fingerprint density at radius 2 is 1.86 bits per heavy atom. The van der Waals surface area contributed by atoms with Crippen LogP contribution in [0, 0.1) is 6.92 Å². The Kier molecular flexibility index (Phi) is 4.75. The summed E-state index contributed by atoms with van der Waals surface area (Å²) in [6, 6.07) is 7.95. The molecule has 0 spiro atoms. The first kappa shape index (κ1) is 15.9. The molecule has 2 N–H and O–H groups in total. The molecule has 1 aromatic heterocycles. The number of benzene rings is 1. The van der Waals surface area contributed by atoms with Gasteiger partial charge < -0.3 is 10.5 Å². The molecule has 0 amide bonds. The summed E-state index contributed by atoms with van der Waals surface area (Å²) in [4.78, 5) is 20.5. The summed E-state index contributed by atoms with van der Waals surface area (Å²) in [7, 11) is 0. The Balaban J connectivity index is 2.55. The molecule has 0 aliphatic rings. The van der Waals surface area contributed by atoms with Crippen LogP contribution < -0.4 is 5.73 Å². The molecule has 22 heavy (non-hydrogen) atoms. The van der Waals surface area contributed by atoms with Gasteiger partial charge in [0.15, 0.2) is 0 Å². The molecule has 1 heterocycles. The van der Waals surface area contributed by atoms with Crippen LogP contribution in [0.2, 0.25) is 0 Å². The fraction of sp³-hybridized carbons (Fsp3) is 0.353. The molecule has 5 heteroatoms. The highest BCUT2D eigenvalue weighted by molar-refractivity contribution is 5.97. The van der Waals surface area contributed by atoms with Crippen LogP contribution in [0.25, 0.3) is 11.3 Å². The molecule has 2 aromatic rings. The molecule has 0 saturated carbocycles. The number of nitrogens with two attached hydrogens (primary N) is 1. The van der Waals surface area contributed by atoms with Gasteiger partial charge >= 0.3 is 5.97 Å². The van der Waals surface area contributed by atoms with Gasteiger partial charge in [-0.25, -0.2) is 14.8 Å². The zero-order valence-electron chi connectivity index (χ0n) is 13.4. The summed E-state index contributed by atoms with van der Waals surface area (Å²) in [5.41, 5.74) is 9.19. The van der Waals surface area contributed by atoms with E-state index in [-0.39, 0.29) is 5.95 Å². The van der Waals surface area contributed by atoms with E-state index in [0.717, 1.165) is 5.56 Å². The molecule has 2 rings (SSSR count). The van der Waals surface area contributed by atoms with Gasteiger partial charge in [0.2, 0.25) is 5.95 Å². The van der Waals surface area contributed by atoms with Gasteiger partial charge in [-0.15, -0.1) is 0 Å². The van der Waals surface area contributed by atoms with Crippen LogP contribution in [-0.2, 0) is 4.74 Å². The van der Waals surface area contributed by atoms with E-state index >= 15 is 0 Å². The third kappa shape index (κ3) is 3.24. The topological polar surface area (TPSA) is 78.1 Å². The van der Waals surface area contributed by atoms with Crippen LogP contribution in [0.1, 0.15) is 48.3 Å². The van der Waals surface area contributed by atoms with Crippen LogP contribution in [0.4, 0.5) is 5.95 Å². The Morgan fingerprint density at radius 3 is 2.41 bits per heavy atom. The second-order valence-corrected chi connectivity index (χ2v) is 5.39. The molecule has 0 radical (unpaired) electrons. The number of nitrogen functional groups attached to an aromatic ring is 1. The van der Waals surface area contributed by atoms with Crippen molar-refractivity contribution in [1.29, 1.82) is 0 Å². The lowest BCUT2D eigenvalue weighted by Gasteiger charge is -2.12. The maximum atomic E-state index is 12.2. The zero-order chi connectivity index (χ0) is 16.3. The minimum atomic E-state index is -0.428. The molecule has 0 atom stereocenters. The minimum Gasteiger partial charge on any atom is -0.462 e. The normalized spacial score (nSPS) is 10.8. The van der Waals surface area contributed by atoms with E-state index in [1.54, 1.807) is 13.8 Å². The van der Waals surface area contributed by atoms with Crippen LogP contribution in [0.15, 0.2) is 24.3 Å². The van der Waals surface area contributed by atoms with E-state index < -0.39 is 5.97 Å². The predicted molar refractivity (Wildman–Crippen MR) is 86.7 cm³/mol. The number of carbonyl (C=O) groups excluding carboxylic acids is 1. The molecular weight excluding hydrogens is 278 g/mol. The van der Waals surface area contributed by atoms with Crippen LogP contribution in [0.5, 0.6) is 0 Å². The predicted octanol–water partition coefficient (Wildman–Crippen LogP) is 3.33. The summed E-state index contributed by atoms with van der Waals surface area (Å²) in [5, 5.41) is 0. The molecular formula is C17H21N3O2. The number of rotatable bonds is 4. The summed E-state index contributed by atoms with van der Waals surface area (Å²) >= 11 is 0. The number of hydrogen-bond donors (Lipinski definition) is 1. The smallest absolute Gasteiger partial charge is 0.342 e. The Morgan fingerprint density at radius 1 is 1.23 bits per heavy atom. The third-order valence-corrected chi connectivity index (χ3v) is 3.44. The van der Waals surface area contributed by atoms with Gasteiger partial charge in [-0.3, -0.25) is 0 Å². The molecule has 1 aromatic carbocycles. The molecule has 0 aliphatic carbocycles. The van der Waals surface area contributed by atoms with Gasteiger partial charge in [-0.1, -0.05) is 38.1 Å². The van der Waals surface area contributed by atoms with Gasteiger partial charge in [0, 0.05) is 5.56 Å². The minimum absolute atomic E-state index is 0.147. The summed E-state index contributed by atoms with van der Waals surface area (Å²) < 4.78 is 5.11. The molecule has 0 saturated heterocycles. The van der Waals surface area contributed by atoms with E-state index in [2.05, 4.69) is 23.8 Å². The van der Waals surface area contributed by atoms with E-state index in [0.29, 0.717) is 29.5 Å². The first-order chi connectivity index (χ1) is 10.4. The lowest BCUT2D eigenvalue weighted by atomic mass is 9.99. The van der Waals surface area contributed by atoms with Crippen molar-refractivity contribution in [3.8, 4) is 11.3 Å². The van der Waals surface area contributed by atoms with Crippen LogP contribution in [-0.4, -0.2) is 22.5 Å². The highest BCUT2D eigenvalue weighted by Gasteiger charge is 2.20. The monoisotopic (exact) mass is 299 g/mol. The average Bonchev–Trinajstić information content (AvgIpc) is 2.46. The number of carbonyl (C=O) groups is 1. The second kappa shape index (κ2) is 6.56.